The summed E-state index contributed by atoms with van der Waals surface area (Å²) in [5, 5.41) is 2.59. The molecule has 1 fully saturated rings. The Hall–Kier alpha value is -1.45. The molecule has 1 aromatic heterocycles. The van der Waals surface area contributed by atoms with E-state index < -0.39 is 0 Å². The fraction of sp³-hybridized carbons (Fsp3) is 0.615. The molecule has 4 nitrogen and oxygen atoms in total. The third kappa shape index (κ3) is 3.51. The average molecular weight is 235 g/mol. The molecular weight excluding hydrogens is 214 g/mol. The van der Waals surface area contributed by atoms with E-state index in [4.69, 9.17) is 0 Å². The van der Waals surface area contributed by atoms with Crippen LogP contribution in [0.4, 0.5) is 0 Å². The van der Waals surface area contributed by atoms with E-state index in [9.17, 15) is 4.79 Å². The number of nitrogens with one attached hydrogen (secondary N) is 1. The fourth-order valence-corrected chi connectivity index (χ4v) is 1.47. The zero-order valence-electron chi connectivity index (χ0n) is 11.1. The molecule has 0 aliphatic heterocycles. The molecule has 94 valence electrons. The van der Waals surface area contributed by atoms with E-state index in [0.717, 1.165) is 30.8 Å². The van der Waals surface area contributed by atoms with Crippen molar-refractivity contribution in [3.8, 4) is 0 Å². The number of hydrogen-bond donors (Lipinski definition) is 1. The average Bonchev–Trinajstić information content (AvgIpc) is 3.24. The summed E-state index contributed by atoms with van der Waals surface area (Å²) < 4.78 is 0. The number of aromatic nitrogens is 2. The zero-order valence-corrected chi connectivity index (χ0v) is 11.1. The molecule has 17 heavy (non-hydrogen) atoms. The standard InChI is InChI=1S/C11H15N3O.C2H6/c1-3-8-6-9(11(15)12-2)14-10(13-8)7-4-5-7;1-2/h6-7H,3-5H2,1-2H3,(H,12,15);1-2H3. The molecule has 0 saturated heterocycles. The maximum Gasteiger partial charge on any atom is 0.269 e. The Morgan fingerprint density at radius 3 is 2.53 bits per heavy atom. The summed E-state index contributed by atoms with van der Waals surface area (Å²) in [5.41, 5.74) is 1.44. The number of nitrogens with zero attached hydrogens (tertiary/aromatic N) is 2. The van der Waals surface area contributed by atoms with Crippen LogP contribution in [0.5, 0.6) is 0 Å². The number of aryl methyl sites for hydroxylation is 1. The van der Waals surface area contributed by atoms with Crippen LogP contribution in [-0.4, -0.2) is 22.9 Å². The summed E-state index contributed by atoms with van der Waals surface area (Å²) in [7, 11) is 1.62. The Balaban J connectivity index is 0.000000686. The van der Waals surface area contributed by atoms with E-state index in [0.29, 0.717) is 11.6 Å². The van der Waals surface area contributed by atoms with E-state index in [1.807, 2.05) is 20.8 Å². The molecule has 1 aliphatic rings. The summed E-state index contributed by atoms with van der Waals surface area (Å²) in [6.07, 6.45) is 3.15. The summed E-state index contributed by atoms with van der Waals surface area (Å²) in [6.45, 7) is 6.03. The predicted molar refractivity (Wildman–Crippen MR) is 68.1 cm³/mol. The number of amides is 1. The van der Waals surface area contributed by atoms with Gasteiger partial charge in [0.15, 0.2) is 0 Å². The van der Waals surface area contributed by atoms with Crippen LogP contribution >= 0.6 is 0 Å². The van der Waals surface area contributed by atoms with Gasteiger partial charge < -0.3 is 5.32 Å². The van der Waals surface area contributed by atoms with Crippen LogP contribution < -0.4 is 5.32 Å². The number of carbonyl (C=O) groups is 1. The van der Waals surface area contributed by atoms with Crippen molar-refractivity contribution in [2.24, 2.45) is 0 Å². The SMILES string of the molecule is CC.CCc1cc(C(=O)NC)nc(C2CC2)n1. The van der Waals surface area contributed by atoms with Gasteiger partial charge in [-0.25, -0.2) is 9.97 Å². The first-order valence-electron chi connectivity index (χ1n) is 6.34. The first-order chi connectivity index (χ1) is 8.24. The third-order valence-electron chi connectivity index (χ3n) is 2.56. The molecule has 0 bridgehead atoms. The van der Waals surface area contributed by atoms with Crippen molar-refractivity contribution in [1.29, 1.82) is 0 Å². The fourth-order valence-electron chi connectivity index (χ4n) is 1.47. The molecule has 2 rings (SSSR count). The van der Waals surface area contributed by atoms with Crippen LogP contribution in [0.15, 0.2) is 6.07 Å². The Labute approximate surface area is 103 Å². The summed E-state index contributed by atoms with van der Waals surface area (Å²) in [6, 6.07) is 1.77. The van der Waals surface area contributed by atoms with Gasteiger partial charge in [0.2, 0.25) is 0 Å². The van der Waals surface area contributed by atoms with Crippen LogP contribution in [0.3, 0.4) is 0 Å². The zero-order chi connectivity index (χ0) is 12.8. The number of hydrogen-bond acceptors (Lipinski definition) is 3. The van der Waals surface area contributed by atoms with Crippen molar-refractivity contribution in [2.45, 2.75) is 46.0 Å². The van der Waals surface area contributed by atoms with Crippen LogP contribution in [0, 0.1) is 0 Å². The van der Waals surface area contributed by atoms with Gasteiger partial charge in [-0.05, 0) is 25.3 Å². The van der Waals surface area contributed by atoms with Crippen molar-refractivity contribution < 1.29 is 4.79 Å². The van der Waals surface area contributed by atoms with Gasteiger partial charge in [0.05, 0.1) is 0 Å². The molecule has 1 N–H and O–H groups in total. The number of carbonyl (C=O) groups excluding carboxylic acids is 1. The molecule has 0 radical (unpaired) electrons. The molecule has 1 heterocycles. The van der Waals surface area contributed by atoms with Crippen molar-refractivity contribution in [3.05, 3.63) is 23.3 Å². The van der Waals surface area contributed by atoms with Gasteiger partial charge in [0, 0.05) is 18.7 Å². The normalized spacial score (nSPS) is 13.6. The molecule has 1 amide bonds. The van der Waals surface area contributed by atoms with Gasteiger partial charge in [-0.2, -0.15) is 0 Å². The highest BCUT2D eigenvalue weighted by Crippen LogP contribution is 2.38. The molecule has 0 atom stereocenters. The highest BCUT2D eigenvalue weighted by Gasteiger charge is 2.27. The van der Waals surface area contributed by atoms with Gasteiger partial charge in [-0.3, -0.25) is 4.79 Å². The van der Waals surface area contributed by atoms with E-state index in [1.165, 1.54) is 0 Å². The monoisotopic (exact) mass is 235 g/mol. The first kappa shape index (κ1) is 13.6. The van der Waals surface area contributed by atoms with Crippen molar-refractivity contribution in [1.82, 2.24) is 15.3 Å². The smallest absolute Gasteiger partial charge is 0.269 e. The lowest BCUT2D eigenvalue weighted by molar-refractivity contribution is 0.0957. The van der Waals surface area contributed by atoms with E-state index >= 15 is 0 Å². The van der Waals surface area contributed by atoms with E-state index in [-0.39, 0.29) is 5.91 Å². The quantitative estimate of drug-likeness (QED) is 0.874. The van der Waals surface area contributed by atoms with E-state index in [1.54, 1.807) is 13.1 Å². The highest BCUT2D eigenvalue weighted by molar-refractivity contribution is 5.92. The Morgan fingerprint density at radius 2 is 2.06 bits per heavy atom. The summed E-state index contributed by atoms with van der Waals surface area (Å²) in [5.74, 6) is 1.20. The molecule has 4 heteroatoms. The van der Waals surface area contributed by atoms with E-state index in [2.05, 4.69) is 15.3 Å². The van der Waals surface area contributed by atoms with Gasteiger partial charge in [0.25, 0.3) is 5.91 Å². The molecule has 0 unspecified atom stereocenters. The van der Waals surface area contributed by atoms with Crippen LogP contribution in [-0.2, 0) is 6.42 Å². The van der Waals surface area contributed by atoms with Crippen molar-refractivity contribution >= 4 is 5.91 Å². The van der Waals surface area contributed by atoms with Crippen LogP contribution in [0.1, 0.15) is 61.5 Å². The number of rotatable bonds is 3. The maximum atomic E-state index is 11.5. The Morgan fingerprint density at radius 1 is 1.41 bits per heavy atom. The second-order valence-electron chi connectivity index (χ2n) is 3.81. The Kier molecular flexibility index (Phi) is 5.07. The summed E-state index contributed by atoms with van der Waals surface area (Å²) in [4.78, 5) is 20.2. The molecule has 1 aromatic rings. The predicted octanol–water partition coefficient (Wildman–Crippen LogP) is 2.30. The van der Waals surface area contributed by atoms with Gasteiger partial charge >= 0.3 is 0 Å². The second kappa shape index (κ2) is 6.33. The lowest BCUT2D eigenvalue weighted by atomic mass is 10.2. The van der Waals surface area contributed by atoms with Crippen molar-refractivity contribution in [2.75, 3.05) is 7.05 Å². The molecule has 0 spiro atoms. The topological polar surface area (TPSA) is 54.9 Å². The molecule has 0 aromatic carbocycles. The summed E-state index contributed by atoms with van der Waals surface area (Å²) >= 11 is 0. The van der Waals surface area contributed by atoms with Gasteiger partial charge in [-0.1, -0.05) is 20.8 Å². The van der Waals surface area contributed by atoms with Crippen LogP contribution in [0.25, 0.3) is 0 Å². The van der Waals surface area contributed by atoms with Gasteiger partial charge in [-0.15, -0.1) is 0 Å². The second-order valence-corrected chi connectivity index (χ2v) is 3.81. The lowest BCUT2D eigenvalue weighted by Crippen LogP contribution is -2.20. The van der Waals surface area contributed by atoms with Crippen molar-refractivity contribution in [3.63, 3.8) is 0 Å². The molecule has 1 saturated carbocycles. The minimum atomic E-state index is -0.131. The maximum absolute atomic E-state index is 11.5. The highest BCUT2D eigenvalue weighted by atomic mass is 16.1. The lowest BCUT2D eigenvalue weighted by Gasteiger charge is -2.05. The van der Waals surface area contributed by atoms with Gasteiger partial charge in [0.1, 0.15) is 11.5 Å². The largest absolute Gasteiger partial charge is 0.354 e. The molecule has 1 aliphatic carbocycles. The first-order valence-corrected chi connectivity index (χ1v) is 6.34. The Bertz CT molecular complexity index is 386. The van der Waals surface area contributed by atoms with Crippen LogP contribution in [0.2, 0.25) is 0 Å². The third-order valence-corrected chi connectivity index (χ3v) is 2.56. The molecular formula is C13H21N3O. The minimum Gasteiger partial charge on any atom is -0.354 e. The minimum absolute atomic E-state index is 0.131.